The third-order valence-electron chi connectivity index (χ3n) is 3.59. The van der Waals surface area contributed by atoms with Crippen molar-refractivity contribution < 1.29 is 18.7 Å². The smallest absolute Gasteiger partial charge is 0.307 e. The minimum Gasteiger partial charge on any atom is -0.461 e. The quantitative estimate of drug-likeness (QED) is 0.732. The molecule has 0 aliphatic heterocycles. The van der Waals surface area contributed by atoms with E-state index in [2.05, 4.69) is 0 Å². The number of amides is 1. The molecule has 5 heteroatoms. The largest absolute Gasteiger partial charge is 0.461 e. The highest BCUT2D eigenvalue weighted by atomic mass is 19.1. The molecule has 0 N–H and O–H groups in total. The van der Waals surface area contributed by atoms with Gasteiger partial charge in [0.1, 0.15) is 12.4 Å². The Labute approximate surface area is 140 Å². The summed E-state index contributed by atoms with van der Waals surface area (Å²) in [6, 6.07) is 15.7. The summed E-state index contributed by atoms with van der Waals surface area (Å²) in [5.41, 5.74) is 1.32. The van der Waals surface area contributed by atoms with Gasteiger partial charge < -0.3 is 9.64 Å². The number of esters is 1. The summed E-state index contributed by atoms with van der Waals surface area (Å²) in [7, 11) is 0. The first-order valence-corrected chi connectivity index (χ1v) is 7.74. The van der Waals surface area contributed by atoms with Crippen molar-refractivity contribution in [2.24, 2.45) is 0 Å². The maximum atomic E-state index is 13.5. The Morgan fingerprint density at radius 2 is 1.71 bits per heavy atom. The molecule has 24 heavy (non-hydrogen) atoms. The first kappa shape index (κ1) is 17.7. The van der Waals surface area contributed by atoms with Gasteiger partial charge in [0.05, 0.1) is 6.42 Å². The number of carbonyl (C=O) groups excluding carboxylic acids is 2. The van der Waals surface area contributed by atoms with E-state index in [0.717, 1.165) is 5.56 Å². The van der Waals surface area contributed by atoms with E-state index in [0.29, 0.717) is 12.1 Å². The average molecular weight is 329 g/mol. The monoisotopic (exact) mass is 329 g/mol. The van der Waals surface area contributed by atoms with Crippen molar-refractivity contribution in [2.45, 2.75) is 26.5 Å². The number of hydrogen-bond donors (Lipinski definition) is 0. The van der Waals surface area contributed by atoms with Gasteiger partial charge in [-0.15, -0.1) is 0 Å². The van der Waals surface area contributed by atoms with Crippen LogP contribution in [0.2, 0.25) is 0 Å². The topological polar surface area (TPSA) is 46.6 Å². The zero-order chi connectivity index (χ0) is 17.4. The zero-order valence-corrected chi connectivity index (χ0v) is 13.6. The fourth-order valence-electron chi connectivity index (χ4n) is 2.22. The third kappa shape index (κ3) is 5.50. The molecule has 0 bridgehead atoms. The molecule has 4 nitrogen and oxygen atoms in total. The minimum atomic E-state index is -0.461. The second-order valence-corrected chi connectivity index (χ2v) is 5.43. The number of ether oxygens (including phenoxy) is 1. The molecule has 0 fully saturated rings. The fourth-order valence-corrected chi connectivity index (χ4v) is 2.22. The molecule has 0 spiro atoms. The third-order valence-corrected chi connectivity index (χ3v) is 3.59. The number of halogens is 1. The second-order valence-electron chi connectivity index (χ2n) is 5.43. The summed E-state index contributed by atoms with van der Waals surface area (Å²) in [4.78, 5) is 25.1. The fraction of sp³-hybridized carbons (Fsp3) is 0.263. The van der Waals surface area contributed by atoms with E-state index in [9.17, 15) is 14.0 Å². The average Bonchev–Trinajstić information content (AvgIpc) is 2.58. The Hall–Kier alpha value is -2.69. The van der Waals surface area contributed by atoms with E-state index < -0.39 is 11.8 Å². The molecule has 2 aromatic rings. The zero-order valence-electron chi connectivity index (χ0n) is 13.6. The Balaban J connectivity index is 1.82. The van der Waals surface area contributed by atoms with E-state index in [1.165, 1.54) is 13.0 Å². The molecular formula is C19H20FNO3. The van der Waals surface area contributed by atoms with Crippen LogP contribution >= 0.6 is 0 Å². The number of rotatable bonds is 7. The molecule has 126 valence electrons. The number of nitrogens with zero attached hydrogens (tertiary/aromatic N) is 1. The van der Waals surface area contributed by atoms with Crippen LogP contribution < -0.4 is 0 Å². The molecule has 0 atom stereocenters. The van der Waals surface area contributed by atoms with E-state index in [1.54, 1.807) is 23.1 Å². The molecule has 0 radical (unpaired) electrons. The van der Waals surface area contributed by atoms with E-state index in [1.807, 2.05) is 30.3 Å². The lowest BCUT2D eigenvalue weighted by Crippen LogP contribution is -2.30. The normalized spacial score (nSPS) is 10.2. The van der Waals surface area contributed by atoms with Crippen molar-refractivity contribution in [2.75, 3.05) is 6.54 Å². The van der Waals surface area contributed by atoms with Crippen LogP contribution in [-0.2, 0) is 27.5 Å². The number of carbonyl (C=O) groups is 2. The maximum Gasteiger partial charge on any atom is 0.307 e. The predicted octanol–water partition coefficient (Wildman–Crippen LogP) is 3.31. The van der Waals surface area contributed by atoms with Crippen molar-refractivity contribution in [3.63, 3.8) is 0 Å². The van der Waals surface area contributed by atoms with E-state index >= 15 is 0 Å². The van der Waals surface area contributed by atoms with Gasteiger partial charge in [-0.3, -0.25) is 9.59 Å². The minimum absolute atomic E-state index is 0.0703. The lowest BCUT2D eigenvalue weighted by molar-refractivity contribution is -0.145. The summed E-state index contributed by atoms with van der Waals surface area (Å²) in [6.07, 6.45) is 0.0703. The highest BCUT2D eigenvalue weighted by Crippen LogP contribution is 2.09. The molecule has 0 saturated carbocycles. The molecule has 0 aromatic heterocycles. The highest BCUT2D eigenvalue weighted by molar-refractivity contribution is 5.75. The van der Waals surface area contributed by atoms with Gasteiger partial charge in [0.15, 0.2) is 0 Å². The van der Waals surface area contributed by atoms with Gasteiger partial charge in [-0.05, 0) is 11.6 Å². The summed E-state index contributed by atoms with van der Waals surface area (Å²) in [5.74, 6) is -0.974. The van der Waals surface area contributed by atoms with Gasteiger partial charge in [-0.25, -0.2) is 4.39 Å². The van der Waals surface area contributed by atoms with Gasteiger partial charge in [0.2, 0.25) is 5.91 Å². The Bertz CT molecular complexity index is 688. The van der Waals surface area contributed by atoms with Gasteiger partial charge in [-0.2, -0.15) is 0 Å². The predicted molar refractivity (Wildman–Crippen MR) is 88.3 cm³/mol. The van der Waals surface area contributed by atoms with Crippen LogP contribution in [-0.4, -0.2) is 23.3 Å². The van der Waals surface area contributed by atoms with Crippen molar-refractivity contribution in [1.82, 2.24) is 4.90 Å². The number of hydrogen-bond acceptors (Lipinski definition) is 3. The first-order chi connectivity index (χ1) is 11.6. The van der Waals surface area contributed by atoms with Crippen molar-refractivity contribution in [3.8, 4) is 0 Å². The van der Waals surface area contributed by atoms with Crippen LogP contribution in [0.1, 0.15) is 24.5 Å². The molecule has 0 unspecified atom stereocenters. The molecule has 1 amide bonds. The van der Waals surface area contributed by atoms with E-state index in [4.69, 9.17) is 4.74 Å². The summed E-state index contributed by atoms with van der Waals surface area (Å²) >= 11 is 0. The maximum absolute atomic E-state index is 13.5. The van der Waals surface area contributed by atoms with Crippen LogP contribution in [0.4, 0.5) is 4.39 Å². The van der Waals surface area contributed by atoms with Crippen LogP contribution in [0.3, 0.4) is 0 Å². The molecular weight excluding hydrogens is 309 g/mol. The highest BCUT2D eigenvalue weighted by Gasteiger charge is 2.13. The molecule has 0 heterocycles. The van der Waals surface area contributed by atoms with Crippen LogP contribution in [0.15, 0.2) is 54.6 Å². The van der Waals surface area contributed by atoms with E-state index in [-0.39, 0.29) is 25.5 Å². The molecule has 0 aliphatic carbocycles. The molecule has 0 saturated heterocycles. The SMILES string of the molecule is CC(=O)N(CCC(=O)OCc1ccccc1F)Cc1ccccc1. The van der Waals surface area contributed by atoms with Crippen molar-refractivity contribution >= 4 is 11.9 Å². The lowest BCUT2D eigenvalue weighted by atomic mass is 10.2. The first-order valence-electron chi connectivity index (χ1n) is 7.74. The van der Waals surface area contributed by atoms with Crippen LogP contribution in [0.5, 0.6) is 0 Å². The van der Waals surface area contributed by atoms with Crippen LogP contribution in [0.25, 0.3) is 0 Å². The summed E-state index contributed by atoms with van der Waals surface area (Å²) in [5, 5.41) is 0. The molecule has 0 aliphatic rings. The molecule has 2 aromatic carbocycles. The van der Waals surface area contributed by atoms with Gasteiger partial charge >= 0.3 is 5.97 Å². The Morgan fingerprint density at radius 3 is 2.38 bits per heavy atom. The lowest BCUT2D eigenvalue weighted by Gasteiger charge is -2.20. The van der Waals surface area contributed by atoms with Gasteiger partial charge in [0, 0.05) is 25.6 Å². The van der Waals surface area contributed by atoms with Crippen LogP contribution in [0, 0.1) is 5.82 Å². The molecule has 2 rings (SSSR count). The second kappa shape index (κ2) is 8.82. The summed E-state index contributed by atoms with van der Waals surface area (Å²) in [6.45, 7) is 2.06. The standard InChI is InChI=1S/C19H20FNO3/c1-15(22)21(13-16-7-3-2-4-8-16)12-11-19(23)24-14-17-9-5-6-10-18(17)20/h2-10H,11-14H2,1H3. The summed E-state index contributed by atoms with van der Waals surface area (Å²) < 4.78 is 18.5. The van der Waals surface area contributed by atoms with Gasteiger partial charge in [-0.1, -0.05) is 48.5 Å². The van der Waals surface area contributed by atoms with Crippen molar-refractivity contribution in [3.05, 3.63) is 71.5 Å². The Morgan fingerprint density at radius 1 is 1.04 bits per heavy atom. The number of benzene rings is 2. The van der Waals surface area contributed by atoms with Gasteiger partial charge in [0.25, 0.3) is 0 Å². The van der Waals surface area contributed by atoms with Crippen molar-refractivity contribution in [1.29, 1.82) is 0 Å². The Kier molecular flexibility index (Phi) is 6.49.